The normalized spacial score (nSPS) is 14.4. The van der Waals surface area contributed by atoms with Gasteiger partial charge in [0.2, 0.25) is 17.0 Å². The van der Waals surface area contributed by atoms with Gasteiger partial charge in [0.1, 0.15) is 5.75 Å². The van der Waals surface area contributed by atoms with Crippen molar-refractivity contribution in [3.63, 3.8) is 0 Å². The largest absolute Gasteiger partial charge is 0.495 e. The quantitative estimate of drug-likeness (QED) is 0.633. The summed E-state index contributed by atoms with van der Waals surface area (Å²) in [6, 6.07) is 5.81. The maximum absolute atomic E-state index is 12.2. The zero-order chi connectivity index (χ0) is 20.6. The van der Waals surface area contributed by atoms with Crippen molar-refractivity contribution in [1.82, 2.24) is 25.5 Å². The highest BCUT2D eigenvalue weighted by Crippen LogP contribution is 2.30. The van der Waals surface area contributed by atoms with Gasteiger partial charge in [0.05, 0.1) is 31.1 Å². The van der Waals surface area contributed by atoms with Crippen molar-refractivity contribution in [2.24, 2.45) is 0 Å². The van der Waals surface area contributed by atoms with Gasteiger partial charge in [0.15, 0.2) is 0 Å². The molecule has 0 bridgehead atoms. The maximum atomic E-state index is 12.2. The van der Waals surface area contributed by atoms with Crippen molar-refractivity contribution in [3.05, 3.63) is 23.8 Å². The van der Waals surface area contributed by atoms with Gasteiger partial charge in [0.25, 0.3) is 0 Å². The smallest absolute Gasteiger partial charge is 0.243 e. The summed E-state index contributed by atoms with van der Waals surface area (Å²) in [5.74, 6) is 0.146. The number of ether oxygens (including phenoxy) is 1. The number of carbonyl (C=O) groups is 2. The van der Waals surface area contributed by atoms with Crippen molar-refractivity contribution in [2.45, 2.75) is 50.2 Å². The van der Waals surface area contributed by atoms with Gasteiger partial charge in [-0.2, -0.15) is 0 Å². The number of aromatic nitrogens is 4. The second-order valence-corrected chi connectivity index (χ2v) is 7.96. The minimum Gasteiger partial charge on any atom is -0.495 e. The first-order valence-corrected chi connectivity index (χ1v) is 10.7. The Morgan fingerprint density at radius 2 is 2.03 bits per heavy atom. The van der Waals surface area contributed by atoms with Crippen LogP contribution >= 0.6 is 11.8 Å². The van der Waals surface area contributed by atoms with E-state index in [-0.39, 0.29) is 24.1 Å². The van der Waals surface area contributed by atoms with Crippen LogP contribution in [0.3, 0.4) is 0 Å². The number of thioether (sulfide) groups is 1. The fourth-order valence-corrected chi connectivity index (χ4v) is 4.08. The van der Waals surface area contributed by atoms with E-state index in [0.29, 0.717) is 22.6 Å². The zero-order valence-electron chi connectivity index (χ0n) is 16.7. The molecule has 10 heteroatoms. The topological polar surface area (TPSA) is 111 Å². The molecule has 0 spiro atoms. The van der Waals surface area contributed by atoms with Gasteiger partial charge in [-0.1, -0.05) is 37.1 Å². The SMILES string of the molecule is COc1ccc(C)cc1NC(=O)CNC(=O)CSc1nnnn1C1CCCCC1. The zero-order valence-corrected chi connectivity index (χ0v) is 17.5. The molecule has 2 N–H and O–H groups in total. The Hall–Kier alpha value is -2.62. The molecule has 1 aliphatic carbocycles. The number of nitrogens with one attached hydrogen (secondary N) is 2. The van der Waals surface area contributed by atoms with Crippen LogP contribution in [0.1, 0.15) is 43.7 Å². The molecule has 0 atom stereocenters. The Morgan fingerprint density at radius 1 is 1.24 bits per heavy atom. The summed E-state index contributed by atoms with van der Waals surface area (Å²) in [7, 11) is 1.54. The molecule has 0 aliphatic heterocycles. The highest BCUT2D eigenvalue weighted by molar-refractivity contribution is 7.99. The third-order valence-corrected chi connectivity index (χ3v) is 5.72. The number of hydrogen-bond acceptors (Lipinski definition) is 7. The summed E-state index contributed by atoms with van der Waals surface area (Å²) in [6.07, 6.45) is 5.73. The summed E-state index contributed by atoms with van der Waals surface area (Å²) in [5, 5.41) is 17.9. The van der Waals surface area contributed by atoms with Gasteiger partial charge in [-0.25, -0.2) is 4.68 Å². The van der Waals surface area contributed by atoms with Crippen LogP contribution in [0.5, 0.6) is 5.75 Å². The number of amides is 2. The Bertz CT molecular complexity index is 850. The summed E-state index contributed by atoms with van der Waals surface area (Å²) < 4.78 is 7.07. The van der Waals surface area contributed by atoms with Crippen LogP contribution in [-0.4, -0.2) is 51.4 Å². The molecule has 1 fully saturated rings. The molecule has 1 aromatic carbocycles. The predicted octanol–water partition coefficient (Wildman–Crippen LogP) is 2.34. The van der Waals surface area contributed by atoms with Gasteiger partial charge in [-0.05, 0) is 47.9 Å². The van der Waals surface area contributed by atoms with E-state index >= 15 is 0 Å². The van der Waals surface area contributed by atoms with Gasteiger partial charge in [-0.15, -0.1) is 5.10 Å². The first kappa shape index (κ1) is 21.1. The van der Waals surface area contributed by atoms with Gasteiger partial charge in [-0.3, -0.25) is 9.59 Å². The molecule has 1 aliphatic rings. The lowest BCUT2D eigenvalue weighted by atomic mass is 9.96. The highest BCUT2D eigenvalue weighted by atomic mass is 32.2. The lowest BCUT2D eigenvalue weighted by molar-refractivity contribution is -0.122. The second-order valence-electron chi connectivity index (χ2n) is 7.02. The molecule has 29 heavy (non-hydrogen) atoms. The van der Waals surface area contributed by atoms with Crippen molar-refractivity contribution in [1.29, 1.82) is 0 Å². The number of anilines is 1. The van der Waals surface area contributed by atoms with Crippen LogP contribution < -0.4 is 15.4 Å². The van der Waals surface area contributed by atoms with Crippen LogP contribution in [-0.2, 0) is 9.59 Å². The molecular weight excluding hydrogens is 392 g/mol. The molecule has 0 saturated heterocycles. The monoisotopic (exact) mass is 418 g/mol. The maximum Gasteiger partial charge on any atom is 0.243 e. The molecular formula is C19H26N6O3S. The average molecular weight is 419 g/mol. The van der Waals surface area contributed by atoms with Gasteiger partial charge >= 0.3 is 0 Å². The molecule has 1 heterocycles. The minimum atomic E-state index is -0.320. The van der Waals surface area contributed by atoms with E-state index in [1.165, 1.54) is 31.0 Å². The summed E-state index contributed by atoms with van der Waals surface area (Å²) in [5.41, 5.74) is 1.57. The Balaban J connectivity index is 1.45. The van der Waals surface area contributed by atoms with E-state index in [9.17, 15) is 9.59 Å². The predicted molar refractivity (Wildman–Crippen MR) is 110 cm³/mol. The number of methoxy groups -OCH3 is 1. The first-order valence-electron chi connectivity index (χ1n) is 9.68. The highest BCUT2D eigenvalue weighted by Gasteiger charge is 2.21. The fourth-order valence-electron chi connectivity index (χ4n) is 3.31. The molecule has 0 radical (unpaired) electrons. The van der Waals surface area contributed by atoms with Crippen molar-refractivity contribution in [2.75, 3.05) is 24.7 Å². The van der Waals surface area contributed by atoms with Crippen LogP contribution in [0.15, 0.2) is 23.4 Å². The number of aryl methyl sites for hydroxylation is 1. The molecule has 156 valence electrons. The summed E-state index contributed by atoms with van der Waals surface area (Å²) in [4.78, 5) is 24.3. The Morgan fingerprint density at radius 3 is 2.79 bits per heavy atom. The third kappa shape index (κ3) is 5.93. The molecule has 1 saturated carbocycles. The van der Waals surface area contributed by atoms with Crippen LogP contribution in [0.25, 0.3) is 0 Å². The second kappa shape index (κ2) is 10.2. The number of tetrazole rings is 1. The van der Waals surface area contributed by atoms with E-state index in [2.05, 4.69) is 26.2 Å². The van der Waals surface area contributed by atoms with Crippen LogP contribution in [0, 0.1) is 6.92 Å². The van der Waals surface area contributed by atoms with Crippen molar-refractivity contribution < 1.29 is 14.3 Å². The van der Waals surface area contributed by atoms with E-state index in [0.717, 1.165) is 18.4 Å². The van der Waals surface area contributed by atoms with Crippen LogP contribution in [0.4, 0.5) is 5.69 Å². The lowest BCUT2D eigenvalue weighted by Gasteiger charge is -2.21. The van der Waals surface area contributed by atoms with Crippen LogP contribution in [0.2, 0.25) is 0 Å². The third-order valence-electron chi connectivity index (χ3n) is 4.79. The summed E-state index contributed by atoms with van der Waals surface area (Å²) in [6.45, 7) is 1.80. The molecule has 2 amide bonds. The Labute approximate surface area is 174 Å². The molecule has 2 aromatic rings. The van der Waals surface area contributed by atoms with Gasteiger partial charge < -0.3 is 15.4 Å². The number of carbonyl (C=O) groups excluding carboxylic acids is 2. The van der Waals surface area contributed by atoms with Crippen molar-refractivity contribution >= 4 is 29.3 Å². The van der Waals surface area contributed by atoms with E-state index in [1.807, 2.05) is 23.7 Å². The lowest BCUT2D eigenvalue weighted by Crippen LogP contribution is -2.34. The van der Waals surface area contributed by atoms with Crippen molar-refractivity contribution in [3.8, 4) is 5.75 Å². The van der Waals surface area contributed by atoms with E-state index in [4.69, 9.17) is 4.74 Å². The first-order chi connectivity index (χ1) is 14.1. The molecule has 3 rings (SSSR count). The number of nitrogens with zero attached hydrogens (tertiary/aromatic N) is 4. The van der Waals surface area contributed by atoms with Gasteiger partial charge in [0, 0.05) is 0 Å². The molecule has 1 aromatic heterocycles. The number of rotatable bonds is 8. The molecule has 9 nitrogen and oxygen atoms in total. The number of hydrogen-bond donors (Lipinski definition) is 2. The molecule has 0 unspecified atom stereocenters. The summed E-state index contributed by atoms with van der Waals surface area (Å²) >= 11 is 1.28. The Kier molecular flexibility index (Phi) is 7.45. The van der Waals surface area contributed by atoms with E-state index < -0.39 is 0 Å². The standard InChI is InChI=1S/C19H26N6O3S/c1-13-8-9-16(28-2)15(10-13)21-17(26)11-20-18(27)12-29-19-22-23-24-25(19)14-6-4-3-5-7-14/h8-10,14H,3-7,11-12H2,1-2H3,(H,20,27)(H,21,26). The fraction of sp³-hybridized carbons (Fsp3) is 0.526. The minimum absolute atomic E-state index is 0.121. The average Bonchev–Trinajstić information content (AvgIpc) is 3.20. The number of benzene rings is 1. The van der Waals surface area contributed by atoms with E-state index in [1.54, 1.807) is 13.2 Å².